The van der Waals surface area contributed by atoms with Crippen LogP contribution in [0.3, 0.4) is 0 Å². The molecule has 6 rings (SSSR count). The number of furan rings is 1. The molecule has 0 atom stereocenters. The summed E-state index contributed by atoms with van der Waals surface area (Å²) in [6, 6.07) is 26.2. The molecule has 35 heavy (non-hydrogen) atoms. The number of hydrogen-bond acceptors (Lipinski definition) is 2. The monoisotopic (exact) mass is 476 g/mol. The molecule has 0 saturated heterocycles. The standard InChI is InChI=1S/C32H30NOS/c1-19-15-16-24-21(3)30(29-17-22-11-7-10-14-28(22)34-29)35-31(24)33(19)27-18-26(32(4,5)6)25-13-9-8-12-23(25)20(27)2/h7-18H,1-6H3/q+1. The number of thiophene rings is 1. The van der Waals surface area contributed by atoms with Gasteiger partial charge in [0.15, 0.2) is 5.69 Å². The van der Waals surface area contributed by atoms with Crippen LogP contribution in [-0.4, -0.2) is 0 Å². The van der Waals surface area contributed by atoms with Crippen molar-refractivity contribution in [2.75, 3.05) is 0 Å². The number of aromatic nitrogens is 1. The fourth-order valence-corrected chi connectivity index (χ4v) is 6.62. The number of fused-ring (bicyclic) bond motifs is 3. The van der Waals surface area contributed by atoms with E-state index in [0.29, 0.717) is 0 Å². The second kappa shape index (κ2) is 7.79. The van der Waals surface area contributed by atoms with Gasteiger partial charge in [0.05, 0.1) is 10.3 Å². The van der Waals surface area contributed by atoms with Crippen LogP contribution in [0, 0.1) is 20.8 Å². The molecule has 0 aliphatic carbocycles. The summed E-state index contributed by atoms with van der Waals surface area (Å²) in [7, 11) is 0. The van der Waals surface area contributed by atoms with Crippen LogP contribution in [0.4, 0.5) is 0 Å². The van der Waals surface area contributed by atoms with E-state index in [2.05, 4.69) is 107 Å². The summed E-state index contributed by atoms with van der Waals surface area (Å²) in [6.45, 7) is 13.6. The molecular formula is C32H30NOS+. The third kappa shape index (κ3) is 3.41. The van der Waals surface area contributed by atoms with Crippen LogP contribution in [-0.2, 0) is 5.41 Å². The van der Waals surface area contributed by atoms with Crippen molar-refractivity contribution >= 4 is 43.3 Å². The minimum atomic E-state index is 0.0369. The molecule has 0 spiro atoms. The third-order valence-electron chi connectivity index (χ3n) is 7.21. The number of nitrogens with zero attached hydrogens (tertiary/aromatic N) is 1. The lowest BCUT2D eigenvalue weighted by Crippen LogP contribution is -2.36. The highest BCUT2D eigenvalue weighted by Gasteiger charge is 2.28. The molecule has 0 radical (unpaired) electrons. The Kier molecular flexibility index (Phi) is 4.91. The quantitative estimate of drug-likeness (QED) is 0.228. The number of rotatable bonds is 2. The fraction of sp³-hybridized carbons (Fsp3) is 0.219. The van der Waals surface area contributed by atoms with Gasteiger partial charge in [-0.1, -0.05) is 74.6 Å². The fourth-order valence-electron chi connectivity index (χ4n) is 5.30. The van der Waals surface area contributed by atoms with Crippen molar-refractivity contribution in [1.82, 2.24) is 0 Å². The average Bonchev–Trinajstić information content (AvgIpc) is 3.40. The zero-order chi connectivity index (χ0) is 24.5. The maximum absolute atomic E-state index is 6.29. The predicted molar refractivity (Wildman–Crippen MR) is 149 cm³/mol. The zero-order valence-electron chi connectivity index (χ0n) is 21.2. The van der Waals surface area contributed by atoms with Crippen LogP contribution in [0.1, 0.15) is 43.2 Å². The largest absolute Gasteiger partial charge is 0.455 e. The molecule has 0 N–H and O–H groups in total. The first-order chi connectivity index (χ1) is 16.7. The average molecular weight is 477 g/mol. The van der Waals surface area contributed by atoms with Gasteiger partial charge in [0.25, 0.3) is 4.83 Å². The van der Waals surface area contributed by atoms with Crippen LogP contribution >= 0.6 is 11.3 Å². The molecule has 0 saturated carbocycles. The Hall–Kier alpha value is -3.43. The van der Waals surface area contributed by atoms with E-state index >= 15 is 0 Å². The van der Waals surface area contributed by atoms with Gasteiger partial charge in [0.2, 0.25) is 5.69 Å². The Morgan fingerprint density at radius 1 is 0.743 bits per heavy atom. The molecule has 0 unspecified atom stereocenters. The molecule has 0 aliphatic rings. The Morgan fingerprint density at radius 2 is 1.46 bits per heavy atom. The molecule has 0 aliphatic heterocycles. The van der Waals surface area contributed by atoms with Crippen LogP contribution < -0.4 is 4.57 Å². The number of para-hydroxylation sites is 1. The molecule has 3 heterocycles. The van der Waals surface area contributed by atoms with Crippen molar-refractivity contribution in [3.8, 4) is 16.3 Å². The molecule has 0 fully saturated rings. The maximum atomic E-state index is 6.29. The summed E-state index contributed by atoms with van der Waals surface area (Å²) in [5.41, 5.74) is 7.42. The maximum Gasteiger partial charge on any atom is 0.275 e. The molecule has 3 aromatic heterocycles. The molecule has 0 bridgehead atoms. The van der Waals surface area contributed by atoms with Gasteiger partial charge in [-0.3, -0.25) is 0 Å². The van der Waals surface area contributed by atoms with Crippen LogP contribution in [0.25, 0.3) is 48.3 Å². The topological polar surface area (TPSA) is 17.0 Å². The number of aryl methyl sites for hydroxylation is 3. The summed E-state index contributed by atoms with van der Waals surface area (Å²) in [4.78, 5) is 2.46. The van der Waals surface area contributed by atoms with Crippen molar-refractivity contribution in [3.63, 3.8) is 0 Å². The molecular weight excluding hydrogens is 446 g/mol. The van der Waals surface area contributed by atoms with Crippen molar-refractivity contribution < 1.29 is 8.98 Å². The highest BCUT2D eigenvalue weighted by molar-refractivity contribution is 7.21. The van der Waals surface area contributed by atoms with E-state index in [9.17, 15) is 0 Å². The minimum absolute atomic E-state index is 0.0369. The Morgan fingerprint density at radius 3 is 2.20 bits per heavy atom. The number of hydrogen-bond donors (Lipinski definition) is 0. The van der Waals surface area contributed by atoms with Gasteiger partial charge in [0.1, 0.15) is 11.3 Å². The van der Waals surface area contributed by atoms with Crippen LogP contribution in [0.2, 0.25) is 0 Å². The van der Waals surface area contributed by atoms with E-state index in [-0.39, 0.29) is 5.41 Å². The SMILES string of the molecule is Cc1c(-[n+]2c(C)ccc3c(C)c(-c4cc5ccccc5o4)sc32)cc(C(C)(C)C)c2ccccc12. The van der Waals surface area contributed by atoms with Crippen molar-refractivity contribution in [1.29, 1.82) is 0 Å². The Bertz CT molecular complexity index is 1730. The van der Waals surface area contributed by atoms with Gasteiger partial charge in [-0.25, -0.2) is 0 Å². The Balaban J connectivity index is 1.67. The van der Waals surface area contributed by atoms with Gasteiger partial charge in [-0.05, 0) is 59.4 Å². The molecule has 174 valence electrons. The van der Waals surface area contributed by atoms with Gasteiger partial charge in [0, 0.05) is 30.0 Å². The first-order valence-corrected chi connectivity index (χ1v) is 13.0. The minimum Gasteiger partial charge on any atom is -0.455 e. The highest BCUT2D eigenvalue weighted by Crippen LogP contribution is 2.40. The summed E-state index contributed by atoms with van der Waals surface area (Å²) in [5, 5.41) is 5.09. The van der Waals surface area contributed by atoms with E-state index in [4.69, 9.17) is 4.42 Å². The van der Waals surface area contributed by atoms with Crippen molar-refractivity contribution in [2.45, 2.75) is 47.0 Å². The van der Waals surface area contributed by atoms with Gasteiger partial charge >= 0.3 is 0 Å². The highest BCUT2D eigenvalue weighted by atomic mass is 32.1. The molecule has 2 nitrogen and oxygen atoms in total. The molecule has 0 amide bonds. The van der Waals surface area contributed by atoms with Crippen LogP contribution in [0.15, 0.2) is 77.2 Å². The zero-order valence-corrected chi connectivity index (χ0v) is 22.0. The predicted octanol–water partition coefficient (Wildman–Crippen LogP) is 8.97. The molecule has 3 aromatic carbocycles. The second-order valence-electron chi connectivity index (χ2n) is 10.6. The summed E-state index contributed by atoms with van der Waals surface area (Å²) >= 11 is 1.82. The van der Waals surface area contributed by atoms with Crippen molar-refractivity contribution in [2.24, 2.45) is 0 Å². The summed E-state index contributed by atoms with van der Waals surface area (Å²) in [6.07, 6.45) is 0. The van der Waals surface area contributed by atoms with Crippen molar-refractivity contribution in [3.05, 3.63) is 95.2 Å². The third-order valence-corrected chi connectivity index (χ3v) is 8.51. The van der Waals surface area contributed by atoms with Crippen LogP contribution in [0.5, 0.6) is 0 Å². The van der Waals surface area contributed by atoms with E-state index in [1.54, 1.807) is 0 Å². The first kappa shape index (κ1) is 22.1. The lowest BCUT2D eigenvalue weighted by Gasteiger charge is -2.23. The lowest BCUT2D eigenvalue weighted by atomic mass is 9.82. The van der Waals surface area contributed by atoms with Gasteiger partial charge in [-0.15, -0.1) is 4.57 Å². The van der Waals surface area contributed by atoms with E-state index in [1.807, 2.05) is 23.5 Å². The summed E-state index contributed by atoms with van der Waals surface area (Å²) < 4.78 is 8.74. The lowest BCUT2D eigenvalue weighted by molar-refractivity contribution is -0.572. The first-order valence-electron chi connectivity index (χ1n) is 12.2. The second-order valence-corrected chi connectivity index (χ2v) is 11.6. The molecule has 3 heteroatoms. The number of benzene rings is 3. The number of pyridine rings is 1. The van der Waals surface area contributed by atoms with Gasteiger partial charge < -0.3 is 4.42 Å². The van der Waals surface area contributed by atoms with E-state index < -0.39 is 0 Å². The molecule has 6 aromatic rings. The van der Waals surface area contributed by atoms with E-state index in [1.165, 1.54) is 53.9 Å². The normalized spacial score (nSPS) is 12.3. The Labute approximate surface area is 210 Å². The van der Waals surface area contributed by atoms with Gasteiger partial charge in [-0.2, -0.15) is 0 Å². The summed E-state index contributed by atoms with van der Waals surface area (Å²) in [5.74, 6) is 0.944. The smallest absolute Gasteiger partial charge is 0.275 e. The van der Waals surface area contributed by atoms with E-state index in [0.717, 1.165) is 16.7 Å².